The van der Waals surface area contributed by atoms with E-state index in [2.05, 4.69) is 11.9 Å². The van der Waals surface area contributed by atoms with Crippen LogP contribution in [0.15, 0.2) is 36.4 Å². The van der Waals surface area contributed by atoms with Crippen molar-refractivity contribution in [2.45, 2.75) is 88.7 Å². The lowest BCUT2D eigenvalue weighted by Gasteiger charge is -2.84. The van der Waals surface area contributed by atoms with Gasteiger partial charge in [0, 0.05) is 29.9 Å². The van der Waals surface area contributed by atoms with E-state index in [0.29, 0.717) is 62.5 Å². The fourth-order valence-corrected chi connectivity index (χ4v) is 11.5. The first-order valence-electron chi connectivity index (χ1n) is 16.4. The first-order chi connectivity index (χ1) is 21.3. The van der Waals surface area contributed by atoms with Crippen LogP contribution in [-0.4, -0.2) is 63.8 Å². The first kappa shape index (κ1) is 29.5. The van der Waals surface area contributed by atoms with Gasteiger partial charge in [0.25, 0.3) is 5.91 Å². The monoisotopic (exact) mass is 621 g/mol. The number of ether oxygens (including phenoxy) is 2. The maximum absolute atomic E-state index is 14.7. The van der Waals surface area contributed by atoms with Crippen molar-refractivity contribution in [2.75, 3.05) is 6.61 Å². The maximum Gasteiger partial charge on any atom is 0.310 e. The van der Waals surface area contributed by atoms with Gasteiger partial charge >= 0.3 is 5.97 Å². The lowest BCUT2D eigenvalue weighted by Crippen LogP contribution is -2.97. The van der Waals surface area contributed by atoms with Gasteiger partial charge in [-0.05, 0) is 92.0 Å². The number of Topliss-reactive ketones (excluding diaryl/α,β-unsaturated/α-hetero) is 2. The van der Waals surface area contributed by atoms with Gasteiger partial charge in [-0.25, -0.2) is 4.39 Å². The van der Waals surface area contributed by atoms with E-state index in [9.17, 15) is 33.8 Å². The lowest BCUT2D eigenvalue weighted by atomic mass is 9.21. The normalized spacial score (nSPS) is 47.0. The van der Waals surface area contributed by atoms with Crippen LogP contribution in [0.5, 0.6) is 0 Å². The molecule has 9 rings (SSSR count). The number of hydrogen-bond acceptors (Lipinski definition) is 8. The molecule has 2 saturated heterocycles. The lowest BCUT2D eigenvalue weighted by molar-refractivity contribution is -0.465. The van der Waals surface area contributed by atoms with Gasteiger partial charge in [-0.2, -0.15) is 0 Å². The summed E-state index contributed by atoms with van der Waals surface area (Å²) in [5.74, 6) is -6.28. The Hall–Kier alpha value is -2.95. The maximum atomic E-state index is 14.7. The van der Waals surface area contributed by atoms with E-state index in [4.69, 9.17) is 9.47 Å². The number of amides is 1. The highest BCUT2D eigenvalue weighted by Crippen LogP contribution is 2.85. The van der Waals surface area contributed by atoms with Crippen molar-refractivity contribution in [1.82, 2.24) is 5.32 Å². The van der Waals surface area contributed by atoms with Crippen molar-refractivity contribution < 1.29 is 43.3 Å². The summed E-state index contributed by atoms with van der Waals surface area (Å²) in [4.78, 5) is 54.8. The quantitative estimate of drug-likeness (QED) is 0.344. The number of carbonyl (C=O) groups excluding carboxylic acids is 4. The van der Waals surface area contributed by atoms with Crippen molar-refractivity contribution in [3.63, 3.8) is 0 Å². The van der Waals surface area contributed by atoms with E-state index >= 15 is 0 Å². The number of benzene rings is 1. The Morgan fingerprint density at radius 3 is 2.42 bits per heavy atom. The summed E-state index contributed by atoms with van der Waals surface area (Å²) >= 11 is 0. The summed E-state index contributed by atoms with van der Waals surface area (Å²) in [7, 11) is 0. The number of halogens is 1. The van der Waals surface area contributed by atoms with Crippen LogP contribution in [-0.2, 0) is 23.9 Å². The summed E-state index contributed by atoms with van der Waals surface area (Å²) in [6, 6.07) is 5.16. The number of ketones is 2. The third-order valence-electron chi connectivity index (χ3n) is 13.4. The number of rotatable bonds is 4. The number of nitrogens with one attached hydrogen (secondary N) is 1. The molecule has 8 aliphatic rings. The average Bonchev–Trinajstić information content (AvgIpc) is 3.02. The van der Waals surface area contributed by atoms with Gasteiger partial charge in [-0.1, -0.05) is 20.4 Å². The zero-order valence-electron chi connectivity index (χ0n) is 25.6. The van der Waals surface area contributed by atoms with Crippen LogP contribution in [0.3, 0.4) is 0 Å². The van der Waals surface area contributed by atoms with Crippen molar-refractivity contribution >= 4 is 23.4 Å². The van der Waals surface area contributed by atoms with Crippen molar-refractivity contribution in [2.24, 2.45) is 45.8 Å². The van der Waals surface area contributed by atoms with Gasteiger partial charge < -0.3 is 25.0 Å². The smallest absolute Gasteiger partial charge is 0.310 e. The zero-order valence-corrected chi connectivity index (χ0v) is 25.6. The summed E-state index contributed by atoms with van der Waals surface area (Å²) < 4.78 is 25.5. The molecule has 3 N–H and O–H groups in total. The highest BCUT2D eigenvalue weighted by molar-refractivity contribution is 6.10. The Balaban J connectivity index is 1.03. The predicted octanol–water partition coefficient (Wildman–Crippen LogP) is 3.26. The van der Waals surface area contributed by atoms with Gasteiger partial charge in [0.15, 0.2) is 11.4 Å². The molecule has 1 aromatic rings. The van der Waals surface area contributed by atoms with Gasteiger partial charge in [-0.15, -0.1) is 0 Å². The predicted molar refractivity (Wildman–Crippen MR) is 156 cm³/mol. The van der Waals surface area contributed by atoms with Crippen LogP contribution in [0.25, 0.3) is 0 Å². The highest BCUT2D eigenvalue weighted by Gasteiger charge is 2.97. The van der Waals surface area contributed by atoms with Gasteiger partial charge in [0.05, 0.1) is 17.9 Å². The summed E-state index contributed by atoms with van der Waals surface area (Å²) in [6.45, 7) is 8.20. The van der Waals surface area contributed by atoms with Crippen LogP contribution >= 0.6 is 0 Å². The van der Waals surface area contributed by atoms with E-state index < -0.39 is 75.0 Å². The highest BCUT2D eigenvalue weighted by atomic mass is 19.1. The summed E-state index contributed by atoms with van der Waals surface area (Å²) in [6.07, 6.45) is 2.64. The molecule has 6 saturated carbocycles. The van der Waals surface area contributed by atoms with E-state index in [1.807, 2.05) is 13.8 Å². The molecule has 2 heterocycles. The van der Waals surface area contributed by atoms with Crippen LogP contribution in [0.4, 0.5) is 4.39 Å². The molecule has 240 valence electrons. The minimum absolute atomic E-state index is 0.0147. The van der Waals surface area contributed by atoms with Crippen LogP contribution in [0.1, 0.15) is 75.6 Å². The van der Waals surface area contributed by atoms with Crippen molar-refractivity contribution in [3.8, 4) is 0 Å². The second kappa shape index (κ2) is 9.10. The fourth-order valence-electron chi connectivity index (χ4n) is 11.5. The standard InChI is InChI=1S/C35H40FNO8/c1-17-22-12-13-23-32-16-44-35(43,27(39)26(32)31(2,3)15-14-24(32)38)33(23)25(22)34(17,30(33)42)45-29(41)19-6-10-21(11-7-19)37-28(40)18-4-8-20(36)9-5-18/h4-5,8-9,19,21-23,25-27,39,43H,1,6-7,10-16H2,2-3H3,(H,37,40)/t19?,21?,22-,23-,25+,26+,27-,32+,33+,34?,35+/m0/s1. The molecule has 10 heteroatoms. The topological polar surface area (TPSA) is 139 Å². The second-order valence-corrected chi connectivity index (χ2v) is 15.5. The molecule has 1 aromatic carbocycles. The molecule has 8 fully saturated rings. The molecule has 9 atom stereocenters. The van der Waals surface area contributed by atoms with Gasteiger partial charge in [0.1, 0.15) is 23.1 Å². The second-order valence-electron chi connectivity index (χ2n) is 15.5. The molecular weight excluding hydrogens is 581 g/mol. The van der Waals surface area contributed by atoms with E-state index in [1.165, 1.54) is 24.3 Å². The third kappa shape index (κ3) is 3.24. The number of esters is 1. The average molecular weight is 622 g/mol. The molecule has 0 radical (unpaired) electrons. The molecule has 2 spiro atoms. The number of aliphatic hydroxyl groups is 2. The molecule has 9 nitrogen and oxygen atoms in total. The number of hydrogen-bond donors (Lipinski definition) is 3. The molecule has 45 heavy (non-hydrogen) atoms. The zero-order chi connectivity index (χ0) is 31.9. The number of aliphatic hydroxyl groups excluding tert-OH is 1. The molecular formula is C35H40FNO8. The molecule has 1 unspecified atom stereocenters. The van der Waals surface area contributed by atoms with Crippen molar-refractivity contribution in [1.29, 1.82) is 0 Å². The Morgan fingerprint density at radius 2 is 1.73 bits per heavy atom. The first-order valence-corrected chi connectivity index (χ1v) is 16.4. The van der Waals surface area contributed by atoms with Gasteiger partial charge in [0.2, 0.25) is 5.79 Å². The number of fused-ring (bicyclic) bond motifs is 1. The summed E-state index contributed by atoms with van der Waals surface area (Å²) in [5, 5.41) is 27.1. The Morgan fingerprint density at radius 1 is 1.04 bits per heavy atom. The minimum atomic E-state index is -2.18. The molecule has 1 amide bonds. The molecule has 0 aromatic heterocycles. The molecule has 6 aliphatic carbocycles. The van der Waals surface area contributed by atoms with Crippen molar-refractivity contribution in [3.05, 3.63) is 47.8 Å². The Labute approximate surface area is 260 Å². The van der Waals surface area contributed by atoms with E-state index in [1.54, 1.807) is 0 Å². The minimum Gasteiger partial charge on any atom is -0.446 e. The SMILES string of the molecule is C=C1[C@@H]2CC[C@H]3[C@@]45CO[C@](O)([C@@H](O)[C@@H]4C(C)(C)CCC5=O)[C@]34C(=O)C1(OC(=O)C1CCC(NC(=O)c3ccc(F)cc3)CC1)[C@H]24. The summed E-state index contributed by atoms with van der Waals surface area (Å²) in [5.41, 5.74) is -3.79. The molecule has 2 aliphatic heterocycles. The Bertz CT molecular complexity index is 1550. The molecule has 2 bridgehead atoms. The fraction of sp³-hybridized carbons (Fsp3) is 0.657. The van der Waals surface area contributed by atoms with Crippen LogP contribution < -0.4 is 5.32 Å². The number of carbonyl (C=O) groups is 4. The van der Waals surface area contributed by atoms with Crippen LogP contribution in [0.2, 0.25) is 0 Å². The van der Waals surface area contributed by atoms with E-state index in [0.717, 1.165) is 0 Å². The van der Waals surface area contributed by atoms with Crippen LogP contribution in [0, 0.1) is 51.7 Å². The third-order valence-corrected chi connectivity index (χ3v) is 13.4. The Kier molecular flexibility index (Phi) is 5.96. The van der Waals surface area contributed by atoms with E-state index in [-0.39, 0.29) is 30.3 Å². The van der Waals surface area contributed by atoms with Gasteiger partial charge in [-0.3, -0.25) is 19.2 Å². The largest absolute Gasteiger partial charge is 0.446 e.